The summed E-state index contributed by atoms with van der Waals surface area (Å²) in [6, 6.07) is 0.388. The Kier molecular flexibility index (Phi) is 7.67. The van der Waals surface area contributed by atoms with Gasteiger partial charge >= 0.3 is 5.97 Å². The van der Waals surface area contributed by atoms with Gasteiger partial charge in [-0.1, -0.05) is 13.8 Å². The first-order valence-electron chi connectivity index (χ1n) is 8.54. The number of nitrogens with one attached hydrogen (secondary N) is 1. The Balaban J connectivity index is 2.66. The molecule has 1 saturated carbocycles. The molecule has 1 rings (SSSR count). The van der Waals surface area contributed by atoms with Crippen molar-refractivity contribution < 1.29 is 9.53 Å². The van der Waals surface area contributed by atoms with Crippen LogP contribution in [-0.2, 0) is 9.53 Å². The van der Waals surface area contributed by atoms with E-state index in [1.54, 1.807) is 0 Å². The van der Waals surface area contributed by atoms with Crippen molar-refractivity contribution in [2.75, 3.05) is 26.7 Å². The van der Waals surface area contributed by atoms with E-state index in [2.05, 4.69) is 31.0 Å². The second-order valence-electron chi connectivity index (χ2n) is 6.74. The van der Waals surface area contributed by atoms with Gasteiger partial charge in [0.05, 0.1) is 7.11 Å². The SMILES string of the molecule is CCCNC(C)(CC(C)N(CCC)CC1CC1)C(=O)OC. The predicted molar refractivity (Wildman–Crippen MR) is 87.4 cm³/mol. The van der Waals surface area contributed by atoms with Gasteiger partial charge in [0.15, 0.2) is 0 Å². The molecule has 1 aliphatic carbocycles. The quantitative estimate of drug-likeness (QED) is 0.596. The summed E-state index contributed by atoms with van der Waals surface area (Å²) < 4.78 is 5.03. The number of nitrogens with zero attached hydrogens (tertiary/aromatic N) is 1. The second-order valence-corrected chi connectivity index (χ2v) is 6.74. The number of carbonyl (C=O) groups excluding carboxylic acids is 1. The number of hydrogen-bond donors (Lipinski definition) is 1. The molecule has 0 radical (unpaired) electrons. The zero-order valence-corrected chi connectivity index (χ0v) is 14.6. The highest BCUT2D eigenvalue weighted by Gasteiger charge is 2.37. The van der Waals surface area contributed by atoms with E-state index in [1.165, 1.54) is 26.5 Å². The first kappa shape index (κ1) is 18.4. The summed E-state index contributed by atoms with van der Waals surface area (Å²) in [5.74, 6) is 0.734. The van der Waals surface area contributed by atoms with E-state index in [0.717, 1.165) is 38.3 Å². The highest BCUT2D eigenvalue weighted by atomic mass is 16.5. The lowest BCUT2D eigenvalue weighted by Gasteiger charge is -2.36. The molecule has 0 aromatic heterocycles. The van der Waals surface area contributed by atoms with E-state index in [-0.39, 0.29) is 5.97 Å². The zero-order valence-electron chi connectivity index (χ0n) is 14.6. The summed E-state index contributed by atoms with van der Waals surface area (Å²) >= 11 is 0. The molecule has 4 nitrogen and oxygen atoms in total. The average Bonchev–Trinajstić information content (AvgIpc) is 3.27. The minimum Gasteiger partial charge on any atom is -0.468 e. The maximum atomic E-state index is 12.2. The molecule has 0 saturated heterocycles. The van der Waals surface area contributed by atoms with Crippen LogP contribution in [0.2, 0.25) is 0 Å². The van der Waals surface area contributed by atoms with E-state index in [9.17, 15) is 4.79 Å². The first-order valence-corrected chi connectivity index (χ1v) is 8.54. The summed E-state index contributed by atoms with van der Waals surface area (Å²) in [5, 5.41) is 3.39. The van der Waals surface area contributed by atoms with Crippen molar-refractivity contribution in [2.45, 2.75) is 71.4 Å². The molecular weight excluding hydrogens is 264 g/mol. The summed E-state index contributed by atoms with van der Waals surface area (Å²) in [6.45, 7) is 11.7. The van der Waals surface area contributed by atoms with Gasteiger partial charge in [-0.25, -0.2) is 0 Å². The molecule has 0 heterocycles. The molecule has 0 amide bonds. The monoisotopic (exact) mass is 298 g/mol. The van der Waals surface area contributed by atoms with Gasteiger partial charge in [0.2, 0.25) is 0 Å². The number of carbonyl (C=O) groups is 1. The van der Waals surface area contributed by atoms with Crippen LogP contribution in [0.4, 0.5) is 0 Å². The molecule has 124 valence electrons. The number of rotatable bonds is 11. The number of methoxy groups -OCH3 is 1. The van der Waals surface area contributed by atoms with Gasteiger partial charge in [-0.3, -0.25) is 4.79 Å². The number of esters is 1. The smallest absolute Gasteiger partial charge is 0.325 e. The minimum atomic E-state index is -0.584. The average molecular weight is 298 g/mol. The summed E-state index contributed by atoms with van der Waals surface area (Å²) in [7, 11) is 1.48. The number of ether oxygens (including phenoxy) is 1. The lowest BCUT2D eigenvalue weighted by atomic mass is 9.92. The molecule has 4 heteroatoms. The van der Waals surface area contributed by atoms with Crippen LogP contribution < -0.4 is 5.32 Å². The summed E-state index contributed by atoms with van der Waals surface area (Å²) in [5.41, 5.74) is -0.584. The molecule has 2 atom stereocenters. The third kappa shape index (κ3) is 5.95. The van der Waals surface area contributed by atoms with Crippen LogP contribution in [-0.4, -0.2) is 49.2 Å². The van der Waals surface area contributed by atoms with Gasteiger partial charge < -0.3 is 15.0 Å². The Labute approximate surface area is 130 Å². The van der Waals surface area contributed by atoms with Crippen LogP contribution >= 0.6 is 0 Å². The Morgan fingerprint density at radius 1 is 1.38 bits per heavy atom. The van der Waals surface area contributed by atoms with Crippen molar-refractivity contribution in [2.24, 2.45) is 5.92 Å². The lowest BCUT2D eigenvalue weighted by Crippen LogP contribution is -2.54. The third-order valence-corrected chi connectivity index (χ3v) is 4.43. The highest BCUT2D eigenvalue weighted by Crippen LogP contribution is 2.31. The van der Waals surface area contributed by atoms with Crippen LogP contribution in [0.25, 0.3) is 0 Å². The minimum absolute atomic E-state index is 0.148. The van der Waals surface area contributed by atoms with Gasteiger partial charge in [-0.05, 0) is 65.0 Å². The van der Waals surface area contributed by atoms with Crippen LogP contribution in [0.5, 0.6) is 0 Å². The molecule has 2 unspecified atom stereocenters. The summed E-state index contributed by atoms with van der Waals surface area (Å²) in [4.78, 5) is 14.7. The van der Waals surface area contributed by atoms with Crippen molar-refractivity contribution in [1.29, 1.82) is 0 Å². The van der Waals surface area contributed by atoms with Crippen molar-refractivity contribution in [3.8, 4) is 0 Å². The molecule has 0 aliphatic heterocycles. The molecule has 21 heavy (non-hydrogen) atoms. The zero-order chi connectivity index (χ0) is 15.9. The molecule has 0 bridgehead atoms. The van der Waals surface area contributed by atoms with Crippen LogP contribution in [0, 0.1) is 5.92 Å². The van der Waals surface area contributed by atoms with E-state index < -0.39 is 5.54 Å². The van der Waals surface area contributed by atoms with Gasteiger partial charge in [0.1, 0.15) is 5.54 Å². The van der Waals surface area contributed by atoms with Crippen molar-refractivity contribution in [1.82, 2.24) is 10.2 Å². The lowest BCUT2D eigenvalue weighted by molar-refractivity contribution is -0.148. The van der Waals surface area contributed by atoms with Gasteiger partial charge in [0, 0.05) is 12.6 Å². The number of hydrogen-bond acceptors (Lipinski definition) is 4. The maximum Gasteiger partial charge on any atom is 0.325 e. The highest BCUT2D eigenvalue weighted by molar-refractivity contribution is 5.80. The Morgan fingerprint density at radius 3 is 2.52 bits per heavy atom. The van der Waals surface area contributed by atoms with Crippen molar-refractivity contribution in [3.63, 3.8) is 0 Å². The van der Waals surface area contributed by atoms with Crippen LogP contribution in [0.3, 0.4) is 0 Å². The normalized spacial score (nSPS) is 19.3. The molecular formula is C17H34N2O2. The first-order chi connectivity index (χ1) is 9.96. The third-order valence-electron chi connectivity index (χ3n) is 4.43. The van der Waals surface area contributed by atoms with E-state index in [0.29, 0.717) is 6.04 Å². The van der Waals surface area contributed by atoms with Crippen molar-refractivity contribution >= 4 is 5.97 Å². The molecule has 1 N–H and O–H groups in total. The topological polar surface area (TPSA) is 41.6 Å². The molecule has 1 fully saturated rings. The van der Waals surface area contributed by atoms with Crippen LogP contribution in [0.15, 0.2) is 0 Å². The Bertz CT molecular complexity index is 318. The summed E-state index contributed by atoms with van der Waals surface area (Å²) in [6.07, 6.45) is 5.72. The molecule has 1 aliphatic rings. The van der Waals surface area contributed by atoms with Gasteiger partial charge in [-0.2, -0.15) is 0 Å². The second kappa shape index (κ2) is 8.74. The van der Waals surface area contributed by atoms with Crippen molar-refractivity contribution in [3.05, 3.63) is 0 Å². The van der Waals surface area contributed by atoms with E-state index >= 15 is 0 Å². The fourth-order valence-corrected chi connectivity index (χ4v) is 2.98. The molecule has 0 aromatic carbocycles. The largest absolute Gasteiger partial charge is 0.468 e. The van der Waals surface area contributed by atoms with Crippen LogP contribution in [0.1, 0.15) is 59.8 Å². The van der Waals surface area contributed by atoms with Gasteiger partial charge in [-0.15, -0.1) is 0 Å². The molecule has 0 aromatic rings. The predicted octanol–water partition coefficient (Wildman–Crippen LogP) is 2.82. The molecule has 0 spiro atoms. The van der Waals surface area contributed by atoms with E-state index in [1.807, 2.05) is 6.92 Å². The fraction of sp³-hybridized carbons (Fsp3) is 0.941. The Morgan fingerprint density at radius 2 is 2.05 bits per heavy atom. The standard InChI is InChI=1S/C17H34N2O2/c1-6-10-18-17(4,16(20)21-5)12-14(3)19(11-7-2)13-15-8-9-15/h14-15,18H,6-13H2,1-5H3. The maximum absolute atomic E-state index is 12.2. The fourth-order valence-electron chi connectivity index (χ4n) is 2.98. The van der Waals surface area contributed by atoms with Gasteiger partial charge in [0.25, 0.3) is 0 Å². The van der Waals surface area contributed by atoms with E-state index in [4.69, 9.17) is 4.74 Å². The Hall–Kier alpha value is -0.610.